The Morgan fingerprint density at radius 3 is 0.944 bits per heavy atom. The van der Waals surface area contributed by atoms with Crippen LogP contribution in [0.1, 0.15) is 373 Å². The van der Waals surface area contributed by atoms with E-state index in [4.69, 9.17) is 4.74 Å². The van der Waals surface area contributed by atoms with Crippen LogP contribution in [0.5, 0.6) is 0 Å². The fraction of sp³-hybridized carbons (Fsp3) is 0.939. The minimum atomic E-state index is -0.840. The molecule has 0 rings (SSSR count). The maximum absolute atomic E-state index is 12.4. The molecule has 0 fully saturated rings. The molecule has 0 aliphatic heterocycles. The van der Waals surface area contributed by atoms with Crippen LogP contribution in [0, 0.1) is 0 Å². The molecule has 0 aromatic rings. The molecule has 0 aliphatic rings. The van der Waals surface area contributed by atoms with Crippen molar-refractivity contribution in [2.45, 2.75) is 386 Å². The quantitative estimate of drug-likeness (QED) is 0.0320. The van der Waals surface area contributed by atoms with Crippen molar-refractivity contribution in [2.24, 2.45) is 0 Å². The zero-order chi connectivity index (χ0) is 52.2. The Kier molecular flexibility index (Phi) is 60.9. The molecule has 0 saturated heterocycles. The Labute approximate surface area is 450 Å². The molecule has 0 spiro atoms. The number of ether oxygens (including phenoxy) is 1. The van der Waals surface area contributed by atoms with Gasteiger partial charge in [-0.3, -0.25) is 9.59 Å². The number of unbranched alkanes of at least 4 members (excludes halogenated alkanes) is 51. The van der Waals surface area contributed by atoms with Gasteiger partial charge in [-0.05, 0) is 32.1 Å². The minimum Gasteiger partial charge on any atom is -0.466 e. The van der Waals surface area contributed by atoms with E-state index in [1.165, 1.54) is 308 Å². The molecule has 0 aromatic heterocycles. The van der Waals surface area contributed by atoms with E-state index >= 15 is 0 Å². The predicted molar refractivity (Wildman–Crippen MR) is 315 cm³/mol. The third-order valence-corrected chi connectivity index (χ3v) is 15.6. The monoisotopic (exact) mass is 1020 g/mol. The van der Waals surface area contributed by atoms with E-state index in [1.54, 1.807) is 6.08 Å². The number of aliphatic hydroxyl groups is 2. The van der Waals surface area contributed by atoms with Crippen LogP contribution in [-0.4, -0.2) is 47.4 Å². The van der Waals surface area contributed by atoms with Crippen LogP contribution < -0.4 is 5.32 Å². The number of esters is 1. The largest absolute Gasteiger partial charge is 0.466 e. The zero-order valence-corrected chi connectivity index (χ0v) is 48.9. The van der Waals surface area contributed by atoms with E-state index in [9.17, 15) is 19.8 Å². The first-order valence-electron chi connectivity index (χ1n) is 33.0. The van der Waals surface area contributed by atoms with Crippen molar-refractivity contribution < 1.29 is 24.5 Å². The number of rotatable bonds is 62. The van der Waals surface area contributed by atoms with Gasteiger partial charge in [-0.1, -0.05) is 341 Å². The Balaban J connectivity index is 3.31. The average Bonchev–Trinajstić information content (AvgIpc) is 3.38. The van der Waals surface area contributed by atoms with Gasteiger partial charge in [0.1, 0.15) is 0 Å². The number of amides is 1. The SMILES string of the molecule is CCCCCCCCCCC/C=C/C(O)C(CO)NC(=O)CCCCCCCCCCCCCCCCCCCCCCCCCCCCCCOC(=O)CCCCCCCCCCCCCCCCCC. The number of carbonyl (C=O) groups excluding carboxylic acids is 2. The van der Waals surface area contributed by atoms with Crippen LogP contribution in [0.4, 0.5) is 0 Å². The van der Waals surface area contributed by atoms with E-state index in [2.05, 4.69) is 19.2 Å². The van der Waals surface area contributed by atoms with Gasteiger partial charge in [0, 0.05) is 12.8 Å². The molecule has 6 nitrogen and oxygen atoms in total. The molecule has 0 aliphatic carbocycles. The number of aliphatic hydroxyl groups excluding tert-OH is 2. The molecular weight excluding hydrogens is 887 g/mol. The summed E-state index contributed by atoms with van der Waals surface area (Å²) in [6, 6.07) is -0.623. The lowest BCUT2D eigenvalue weighted by molar-refractivity contribution is -0.143. The van der Waals surface area contributed by atoms with E-state index in [-0.39, 0.29) is 18.5 Å². The van der Waals surface area contributed by atoms with Gasteiger partial charge >= 0.3 is 5.97 Å². The molecule has 2 atom stereocenters. The number of nitrogens with one attached hydrogen (secondary N) is 1. The molecule has 1 amide bonds. The first-order chi connectivity index (χ1) is 35.5. The van der Waals surface area contributed by atoms with E-state index in [0.29, 0.717) is 19.4 Å². The van der Waals surface area contributed by atoms with Crippen LogP contribution in [-0.2, 0) is 14.3 Å². The minimum absolute atomic E-state index is 0.0225. The van der Waals surface area contributed by atoms with Crippen molar-refractivity contribution in [3.05, 3.63) is 12.2 Å². The van der Waals surface area contributed by atoms with Gasteiger partial charge < -0.3 is 20.3 Å². The smallest absolute Gasteiger partial charge is 0.305 e. The zero-order valence-electron chi connectivity index (χ0n) is 48.9. The summed E-state index contributed by atoms with van der Waals surface area (Å²) in [6.45, 7) is 4.92. The van der Waals surface area contributed by atoms with Crippen LogP contribution in [0.3, 0.4) is 0 Å². The third kappa shape index (κ3) is 57.9. The van der Waals surface area contributed by atoms with Gasteiger partial charge in [0.2, 0.25) is 5.91 Å². The molecule has 0 saturated carbocycles. The Hall–Kier alpha value is -1.40. The molecule has 0 aromatic carbocycles. The van der Waals surface area contributed by atoms with Crippen LogP contribution in [0.2, 0.25) is 0 Å². The molecular formula is C66H129NO5. The summed E-state index contributed by atoms with van der Waals surface area (Å²) in [7, 11) is 0. The fourth-order valence-electron chi connectivity index (χ4n) is 10.5. The van der Waals surface area contributed by atoms with Gasteiger partial charge in [-0.25, -0.2) is 0 Å². The summed E-state index contributed by atoms with van der Waals surface area (Å²) < 4.78 is 5.50. The van der Waals surface area contributed by atoms with Gasteiger partial charge in [0.25, 0.3) is 0 Å². The predicted octanol–water partition coefficient (Wildman–Crippen LogP) is 20.8. The summed E-state index contributed by atoms with van der Waals surface area (Å²) in [6.07, 6.45) is 75.7. The highest BCUT2D eigenvalue weighted by Gasteiger charge is 2.18. The molecule has 6 heteroatoms. The van der Waals surface area contributed by atoms with Gasteiger partial charge in [0.05, 0.1) is 25.4 Å². The maximum Gasteiger partial charge on any atom is 0.305 e. The standard InChI is InChI=1S/C66H129NO5/c1-3-5-7-9-11-13-15-16-17-33-36-40-44-48-52-56-60-66(71)72-61-57-53-49-45-41-37-34-31-29-27-25-23-21-19-18-20-22-24-26-28-30-32-35-39-43-47-51-55-59-65(70)67-63(62-68)64(69)58-54-50-46-42-38-14-12-10-8-6-4-2/h54,58,63-64,68-69H,3-53,55-57,59-62H2,1-2H3,(H,67,70)/b58-54+. The first kappa shape index (κ1) is 70.6. The summed E-state index contributed by atoms with van der Waals surface area (Å²) in [5.74, 6) is -0.0418. The van der Waals surface area contributed by atoms with E-state index in [1.807, 2.05) is 6.08 Å². The van der Waals surface area contributed by atoms with Crippen molar-refractivity contribution in [3.63, 3.8) is 0 Å². The van der Waals surface area contributed by atoms with Gasteiger partial charge in [-0.2, -0.15) is 0 Å². The fourth-order valence-corrected chi connectivity index (χ4v) is 10.5. The summed E-state index contributed by atoms with van der Waals surface area (Å²) in [4.78, 5) is 24.5. The molecule has 3 N–H and O–H groups in total. The van der Waals surface area contributed by atoms with Crippen molar-refractivity contribution in [1.82, 2.24) is 5.32 Å². The number of carbonyl (C=O) groups is 2. The maximum atomic E-state index is 12.4. The van der Waals surface area contributed by atoms with Gasteiger partial charge in [-0.15, -0.1) is 0 Å². The lowest BCUT2D eigenvalue weighted by Crippen LogP contribution is -2.45. The van der Waals surface area contributed by atoms with Crippen molar-refractivity contribution in [3.8, 4) is 0 Å². The Morgan fingerprint density at radius 1 is 0.375 bits per heavy atom. The number of hydrogen-bond acceptors (Lipinski definition) is 5. The number of allylic oxidation sites excluding steroid dienone is 1. The van der Waals surface area contributed by atoms with E-state index in [0.717, 1.165) is 38.5 Å². The van der Waals surface area contributed by atoms with Crippen molar-refractivity contribution >= 4 is 11.9 Å². The van der Waals surface area contributed by atoms with Crippen molar-refractivity contribution in [2.75, 3.05) is 13.2 Å². The molecule has 428 valence electrons. The van der Waals surface area contributed by atoms with Crippen molar-refractivity contribution in [1.29, 1.82) is 0 Å². The molecule has 2 unspecified atom stereocenters. The summed E-state index contributed by atoms with van der Waals surface area (Å²) >= 11 is 0. The average molecular weight is 1020 g/mol. The van der Waals surface area contributed by atoms with E-state index < -0.39 is 12.1 Å². The lowest BCUT2D eigenvalue weighted by Gasteiger charge is -2.20. The highest BCUT2D eigenvalue weighted by atomic mass is 16.5. The Morgan fingerprint density at radius 2 is 0.639 bits per heavy atom. The summed E-state index contributed by atoms with van der Waals surface area (Å²) in [5.41, 5.74) is 0. The second kappa shape index (κ2) is 62.1. The second-order valence-electron chi connectivity index (χ2n) is 22.8. The van der Waals surface area contributed by atoms with Crippen LogP contribution in [0.15, 0.2) is 12.2 Å². The highest BCUT2D eigenvalue weighted by Crippen LogP contribution is 2.19. The van der Waals surface area contributed by atoms with Crippen LogP contribution in [0.25, 0.3) is 0 Å². The normalized spacial score (nSPS) is 12.6. The first-order valence-corrected chi connectivity index (χ1v) is 33.0. The summed E-state index contributed by atoms with van der Waals surface area (Å²) in [5, 5.41) is 23.0. The lowest BCUT2D eigenvalue weighted by atomic mass is 10.0. The molecule has 0 bridgehead atoms. The molecule has 0 heterocycles. The molecule has 0 radical (unpaired) electrons. The van der Waals surface area contributed by atoms with Crippen LogP contribution >= 0.6 is 0 Å². The second-order valence-corrected chi connectivity index (χ2v) is 22.8. The highest BCUT2D eigenvalue weighted by molar-refractivity contribution is 5.76. The molecule has 72 heavy (non-hydrogen) atoms. The topological polar surface area (TPSA) is 95.9 Å². The van der Waals surface area contributed by atoms with Gasteiger partial charge in [0.15, 0.2) is 0 Å². The Bertz CT molecular complexity index is 1080. The third-order valence-electron chi connectivity index (χ3n) is 15.6. The number of hydrogen-bond donors (Lipinski definition) is 3.